The van der Waals surface area contributed by atoms with Crippen LogP contribution in [0.1, 0.15) is 36.3 Å². The molecule has 1 aliphatic rings. The van der Waals surface area contributed by atoms with Crippen LogP contribution >= 0.6 is 0 Å². The van der Waals surface area contributed by atoms with Gasteiger partial charge in [-0.3, -0.25) is 0 Å². The van der Waals surface area contributed by atoms with Crippen molar-refractivity contribution in [3.8, 4) is 5.75 Å². The van der Waals surface area contributed by atoms with Crippen molar-refractivity contribution in [1.29, 1.82) is 0 Å². The van der Waals surface area contributed by atoms with Crippen molar-refractivity contribution >= 4 is 0 Å². The zero-order chi connectivity index (χ0) is 15.4. The first kappa shape index (κ1) is 15.1. The molecule has 1 saturated heterocycles. The standard InChI is InChI=1S/C20H25NO/c1-3-21-14-13-19(16-7-5-4-6-8-16)20(15-21)17-9-11-18(22-2)12-10-17/h4-12,19-20H,3,13-15H2,1-2H3. The number of benzene rings is 2. The highest BCUT2D eigenvalue weighted by atomic mass is 16.5. The van der Waals surface area contributed by atoms with Gasteiger partial charge in [0, 0.05) is 12.5 Å². The number of likely N-dealkylation sites (N-methyl/N-ethyl adjacent to an activating group) is 1. The van der Waals surface area contributed by atoms with E-state index in [1.165, 1.54) is 24.1 Å². The highest BCUT2D eigenvalue weighted by Crippen LogP contribution is 2.39. The third-order valence-electron chi connectivity index (χ3n) is 4.92. The van der Waals surface area contributed by atoms with E-state index in [9.17, 15) is 0 Å². The molecule has 0 aliphatic carbocycles. The van der Waals surface area contributed by atoms with Crippen LogP contribution in [0.5, 0.6) is 5.75 Å². The number of piperidine rings is 1. The smallest absolute Gasteiger partial charge is 0.118 e. The van der Waals surface area contributed by atoms with Crippen LogP contribution in [0, 0.1) is 0 Å². The van der Waals surface area contributed by atoms with E-state index in [0.717, 1.165) is 18.8 Å². The number of hydrogen-bond acceptors (Lipinski definition) is 2. The molecule has 0 bridgehead atoms. The van der Waals surface area contributed by atoms with Crippen LogP contribution in [0.15, 0.2) is 54.6 Å². The molecule has 2 aromatic carbocycles. The molecule has 0 spiro atoms. The molecule has 1 fully saturated rings. The summed E-state index contributed by atoms with van der Waals surface area (Å²) in [6.45, 7) is 5.73. The summed E-state index contributed by atoms with van der Waals surface area (Å²) < 4.78 is 5.30. The molecule has 2 heteroatoms. The topological polar surface area (TPSA) is 12.5 Å². The lowest BCUT2D eigenvalue weighted by Gasteiger charge is -2.39. The van der Waals surface area contributed by atoms with E-state index in [0.29, 0.717) is 11.8 Å². The van der Waals surface area contributed by atoms with Gasteiger partial charge in [-0.15, -0.1) is 0 Å². The maximum absolute atomic E-state index is 5.30. The summed E-state index contributed by atoms with van der Waals surface area (Å²) >= 11 is 0. The van der Waals surface area contributed by atoms with E-state index >= 15 is 0 Å². The van der Waals surface area contributed by atoms with Crippen LogP contribution in [-0.2, 0) is 0 Å². The molecule has 0 aromatic heterocycles. The van der Waals surface area contributed by atoms with Gasteiger partial charge in [0.25, 0.3) is 0 Å². The summed E-state index contributed by atoms with van der Waals surface area (Å²) in [6.07, 6.45) is 1.23. The van der Waals surface area contributed by atoms with Gasteiger partial charge in [-0.25, -0.2) is 0 Å². The van der Waals surface area contributed by atoms with Gasteiger partial charge in [-0.05, 0) is 48.7 Å². The molecule has 0 radical (unpaired) electrons. The van der Waals surface area contributed by atoms with E-state index in [2.05, 4.69) is 66.4 Å². The Bertz CT molecular complexity index is 578. The highest BCUT2D eigenvalue weighted by molar-refractivity contribution is 5.34. The van der Waals surface area contributed by atoms with Crippen LogP contribution in [0.3, 0.4) is 0 Å². The average Bonchev–Trinajstić information content (AvgIpc) is 2.62. The minimum atomic E-state index is 0.557. The highest BCUT2D eigenvalue weighted by Gasteiger charge is 2.30. The van der Waals surface area contributed by atoms with Gasteiger partial charge in [0.05, 0.1) is 7.11 Å². The van der Waals surface area contributed by atoms with E-state index in [1.807, 2.05) is 0 Å². The molecule has 0 N–H and O–H groups in total. The Kier molecular flexibility index (Phi) is 4.79. The lowest BCUT2D eigenvalue weighted by Crippen LogP contribution is -2.38. The molecule has 0 saturated carbocycles. The van der Waals surface area contributed by atoms with Crippen molar-refractivity contribution in [2.45, 2.75) is 25.2 Å². The van der Waals surface area contributed by atoms with Crippen LogP contribution in [0.2, 0.25) is 0 Å². The van der Waals surface area contributed by atoms with Crippen LogP contribution in [-0.4, -0.2) is 31.6 Å². The summed E-state index contributed by atoms with van der Waals surface area (Å²) in [5, 5.41) is 0. The number of hydrogen-bond donors (Lipinski definition) is 0. The molecule has 2 unspecified atom stereocenters. The first-order valence-corrected chi connectivity index (χ1v) is 8.23. The van der Waals surface area contributed by atoms with E-state index in [1.54, 1.807) is 7.11 Å². The molecule has 22 heavy (non-hydrogen) atoms. The maximum atomic E-state index is 5.30. The predicted octanol–water partition coefficient (Wildman–Crippen LogP) is 4.29. The van der Waals surface area contributed by atoms with Crippen molar-refractivity contribution in [2.24, 2.45) is 0 Å². The molecular formula is C20H25NO. The Morgan fingerprint density at radius 1 is 0.955 bits per heavy atom. The summed E-state index contributed by atoms with van der Waals surface area (Å²) in [4.78, 5) is 2.56. The third kappa shape index (κ3) is 3.17. The quantitative estimate of drug-likeness (QED) is 0.834. The molecule has 2 nitrogen and oxygen atoms in total. The Morgan fingerprint density at radius 2 is 1.64 bits per heavy atom. The van der Waals surface area contributed by atoms with Crippen LogP contribution < -0.4 is 4.74 Å². The lowest BCUT2D eigenvalue weighted by atomic mass is 9.77. The van der Waals surface area contributed by atoms with Gasteiger partial charge < -0.3 is 9.64 Å². The fourth-order valence-corrected chi connectivity index (χ4v) is 3.59. The first-order chi connectivity index (χ1) is 10.8. The van der Waals surface area contributed by atoms with E-state index in [4.69, 9.17) is 4.74 Å². The first-order valence-electron chi connectivity index (χ1n) is 8.23. The fraction of sp³-hybridized carbons (Fsp3) is 0.400. The van der Waals surface area contributed by atoms with E-state index in [-0.39, 0.29) is 0 Å². The average molecular weight is 295 g/mol. The monoisotopic (exact) mass is 295 g/mol. The van der Waals surface area contributed by atoms with Crippen LogP contribution in [0.25, 0.3) is 0 Å². The van der Waals surface area contributed by atoms with Gasteiger partial charge in [-0.2, -0.15) is 0 Å². The third-order valence-corrected chi connectivity index (χ3v) is 4.92. The molecule has 2 atom stereocenters. The number of nitrogens with zero attached hydrogens (tertiary/aromatic N) is 1. The molecule has 116 valence electrons. The van der Waals surface area contributed by atoms with Crippen molar-refractivity contribution in [3.05, 3.63) is 65.7 Å². The predicted molar refractivity (Wildman–Crippen MR) is 91.6 cm³/mol. The minimum absolute atomic E-state index is 0.557. The van der Waals surface area contributed by atoms with Gasteiger partial charge in [-0.1, -0.05) is 49.4 Å². The molecule has 3 rings (SSSR count). The van der Waals surface area contributed by atoms with Crippen molar-refractivity contribution in [2.75, 3.05) is 26.7 Å². The van der Waals surface area contributed by atoms with E-state index < -0.39 is 0 Å². The second-order valence-corrected chi connectivity index (χ2v) is 6.08. The molecular weight excluding hydrogens is 270 g/mol. The zero-order valence-electron chi connectivity index (χ0n) is 13.5. The lowest BCUT2D eigenvalue weighted by molar-refractivity contribution is 0.198. The maximum Gasteiger partial charge on any atom is 0.118 e. The van der Waals surface area contributed by atoms with Crippen molar-refractivity contribution in [1.82, 2.24) is 4.90 Å². The normalized spacial score (nSPS) is 22.5. The van der Waals surface area contributed by atoms with Gasteiger partial charge in [0.1, 0.15) is 5.75 Å². The largest absolute Gasteiger partial charge is 0.497 e. The van der Waals surface area contributed by atoms with Gasteiger partial charge in [0.2, 0.25) is 0 Å². The van der Waals surface area contributed by atoms with Crippen LogP contribution in [0.4, 0.5) is 0 Å². The Balaban J connectivity index is 1.90. The number of methoxy groups -OCH3 is 1. The van der Waals surface area contributed by atoms with Crippen molar-refractivity contribution in [3.63, 3.8) is 0 Å². The SMILES string of the molecule is CCN1CCC(c2ccccc2)C(c2ccc(OC)cc2)C1. The van der Waals surface area contributed by atoms with Crippen molar-refractivity contribution < 1.29 is 4.74 Å². The zero-order valence-corrected chi connectivity index (χ0v) is 13.5. The summed E-state index contributed by atoms with van der Waals surface area (Å²) in [5.74, 6) is 2.10. The fourth-order valence-electron chi connectivity index (χ4n) is 3.59. The summed E-state index contributed by atoms with van der Waals surface area (Å²) in [5.41, 5.74) is 2.90. The molecule has 1 heterocycles. The Labute approximate surface area is 133 Å². The number of likely N-dealkylation sites (tertiary alicyclic amines) is 1. The summed E-state index contributed by atoms with van der Waals surface area (Å²) in [6, 6.07) is 19.6. The molecule has 0 amide bonds. The summed E-state index contributed by atoms with van der Waals surface area (Å²) in [7, 11) is 1.72. The molecule has 2 aromatic rings. The number of rotatable bonds is 4. The molecule has 1 aliphatic heterocycles. The second kappa shape index (κ2) is 6.97. The van der Waals surface area contributed by atoms with Gasteiger partial charge >= 0.3 is 0 Å². The number of ether oxygens (including phenoxy) is 1. The minimum Gasteiger partial charge on any atom is -0.497 e. The second-order valence-electron chi connectivity index (χ2n) is 6.08. The van der Waals surface area contributed by atoms with Gasteiger partial charge in [0.15, 0.2) is 0 Å². The Morgan fingerprint density at radius 3 is 2.27 bits per heavy atom. The Hall–Kier alpha value is -1.80.